The van der Waals surface area contributed by atoms with E-state index in [0.717, 1.165) is 16.8 Å². The summed E-state index contributed by atoms with van der Waals surface area (Å²) in [7, 11) is 0. The molecule has 9 nitrogen and oxygen atoms in total. The zero-order valence-corrected chi connectivity index (χ0v) is 17.4. The Bertz CT molecular complexity index is 1080. The molecule has 0 radical (unpaired) electrons. The zero-order valence-electron chi connectivity index (χ0n) is 17.4. The summed E-state index contributed by atoms with van der Waals surface area (Å²) >= 11 is 0. The number of hydrogen-bond acceptors (Lipinski definition) is 7. The lowest BCUT2D eigenvalue weighted by Gasteiger charge is -2.23. The van der Waals surface area contributed by atoms with Crippen LogP contribution in [0.2, 0.25) is 0 Å². The fourth-order valence-electron chi connectivity index (χ4n) is 3.48. The predicted octanol–water partition coefficient (Wildman–Crippen LogP) is 2.37. The van der Waals surface area contributed by atoms with Gasteiger partial charge in [0.25, 0.3) is 0 Å². The van der Waals surface area contributed by atoms with Crippen molar-refractivity contribution < 1.29 is 19.1 Å². The largest absolute Gasteiger partial charge is 0.492 e. The van der Waals surface area contributed by atoms with Gasteiger partial charge in [0, 0.05) is 31.3 Å². The summed E-state index contributed by atoms with van der Waals surface area (Å²) in [5.74, 6) is 0.943. The molecule has 4 rings (SSSR count). The van der Waals surface area contributed by atoms with Crippen molar-refractivity contribution in [3.63, 3.8) is 0 Å². The molecule has 1 amide bonds. The molecule has 2 aromatic heterocycles. The van der Waals surface area contributed by atoms with Crippen LogP contribution in [0.15, 0.2) is 42.7 Å². The Morgan fingerprint density at radius 2 is 2.13 bits per heavy atom. The van der Waals surface area contributed by atoms with E-state index in [9.17, 15) is 9.59 Å². The molecule has 0 fully saturated rings. The molecule has 4 bridgehead atoms. The molecule has 3 aromatic rings. The highest BCUT2D eigenvalue weighted by Crippen LogP contribution is 2.27. The molecule has 162 valence electrons. The van der Waals surface area contributed by atoms with E-state index in [1.54, 1.807) is 22.5 Å². The maximum atomic E-state index is 12.7. The monoisotopic (exact) mass is 423 g/mol. The van der Waals surface area contributed by atoms with Gasteiger partial charge in [-0.2, -0.15) is 5.10 Å². The van der Waals surface area contributed by atoms with Crippen LogP contribution in [0.4, 0.5) is 5.82 Å². The maximum absolute atomic E-state index is 12.7. The first-order chi connectivity index (χ1) is 15.1. The van der Waals surface area contributed by atoms with Crippen molar-refractivity contribution >= 4 is 23.3 Å². The van der Waals surface area contributed by atoms with Crippen molar-refractivity contribution in [2.24, 2.45) is 0 Å². The van der Waals surface area contributed by atoms with Gasteiger partial charge in [-0.15, -0.1) is 0 Å². The van der Waals surface area contributed by atoms with Gasteiger partial charge in [0.15, 0.2) is 5.65 Å². The number of hydrogen-bond donors (Lipinski definition) is 1. The summed E-state index contributed by atoms with van der Waals surface area (Å²) in [6, 6.07) is 9.58. The lowest BCUT2D eigenvalue weighted by molar-refractivity contribution is -0.145. The highest BCUT2D eigenvalue weighted by atomic mass is 16.5. The number of fused-ring (bicyclic) bond motifs is 4. The van der Waals surface area contributed by atoms with Gasteiger partial charge in [0.2, 0.25) is 5.91 Å². The summed E-state index contributed by atoms with van der Waals surface area (Å²) in [4.78, 5) is 30.7. The van der Waals surface area contributed by atoms with Gasteiger partial charge in [-0.1, -0.05) is 12.1 Å². The van der Waals surface area contributed by atoms with E-state index in [2.05, 4.69) is 10.4 Å². The van der Waals surface area contributed by atoms with Crippen molar-refractivity contribution in [3.05, 3.63) is 42.7 Å². The maximum Gasteiger partial charge on any atom is 0.306 e. The molecule has 1 N–H and O–H groups in total. The molecule has 31 heavy (non-hydrogen) atoms. The number of nitrogens with one attached hydrogen (secondary N) is 1. The van der Waals surface area contributed by atoms with Crippen molar-refractivity contribution in [1.29, 1.82) is 0 Å². The molecular formula is C22H25N5O4. The number of nitrogens with zero attached hydrogens (tertiary/aromatic N) is 4. The van der Waals surface area contributed by atoms with Gasteiger partial charge < -0.3 is 19.7 Å². The quantitative estimate of drug-likeness (QED) is 0.644. The van der Waals surface area contributed by atoms with Crippen LogP contribution in [0.25, 0.3) is 16.8 Å². The van der Waals surface area contributed by atoms with Crippen LogP contribution in [0.1, 0.15) is 19.8 Å². The minimum atomic E-state index is -0.363. The molecular weight excluding hydrogens is 398 g/mol. The number of amides is 1. The first-order valence-corrected chi connectivity index (χ1v) is 10.4. The Kier molecular flexibility index (Phi) is 6.30. The second-order valence-corrected chi connectivity index (χ2v) is 7.13. The van der Waals surface area contributed by atoms with E-state index in [1.807, 2.05) is 36.5 Å². The van der Waals surface area contributed by atoms with Crippen LogP contribution in [0.3, 0.4) is 0 Å². The third-order valence-electron chi connectivity index (χ3n) is 5.03. The number of carbonyl (C=O) groups excluding carboxylic acids is 2. The first kappa shape index (κ1) is 20.6. The zero-order chi connectivity index (χ0) is 21.6. The molecule has 0 saturated carbocycles. The smallest absolute Gasteiger partial charge is 0.306 e. The van der Waals surface area contributed by atoms with Gasteiger partial charge in [-0.3, -0.25) is 9.59 Å². The van der Waals surface area contributed by atoms with Gasteiger partial charge in [-0.05, 0) is 30.7 Å². The van der Waals surface area contributed by atoms with Gasteiger partial charge >= 0.3 is 5.97 Å². The molecule has 3 heterocycles. The lowest BCUT2D eigenvalue weighted by atomic mass is 10.1. The second-order valence-electron chi connectivity index (χ2n) is 7.13. The predicted molar refractivity (Wildman–Crippen MR) is 115 cm³/mol. The normalized spacial score (nSPS) is 13.9. The molecule has 0 saturated heterocycles. The minimum absolute atomic E-state index is 0.0711. The lowest BCUT2D eigenvalue weighted by Crippen LogP contribution is -2.38. The van der Waals surface area contributed by atoms with Crippen molar-refractivity contribution in [1.82, 2.24) is 19.5 Å². The molecule has 1 aliphatic rings. The summed E-state index contributed by atoms with van der Waals surface area (Å²) < 4.78 is 12.6. The summed E-state index contributed by atoms with van der Waals surface area (Å²) in [5.41, 5.74) is 2.61. The molecule has 1 aromatic carbocycles. The number of aromatic nitrogens is 3. The van der Waals surface area contributed by atoms with Crippen LogP contribution in [-0.2, 0) is 14.3 Å². The van der Waals surface area contributed by atoms with E-state index >= 15 is 0 Å². The van der Waals surface area contributed by atoms with E-state index in [-0.39, 0.29) is 24.7 Å². The fourth-order valence-corrected chi connectivity index (χ4v) is 3.48. The van der Waals surface area contributed by atoms with Crippen LogP contribution in [0.5, 0.6) is 5.75 Å². The Balaban J connectivity index is 1.55. The molecule has 0 atom stereocenters. The number of anilines is 1. The van der Waals surface area contributed by atoms with Crippen molar-refractivity contribution in [2.75, 3.05) is 38.2 Å². The molecule has 0 unspecified atom stereocenters. The van der Waals surface area contributed by atoms with Crippen LogP contribution >= 0.6 is 0 Å². The van der Waals surface area contributed by atoms with Crippen molar-refractivity contribution in [2.45, 2.75) is 19.8 Å². The third kappa shape index (κ3) is 4.93. The molecule has 0 aliphatic carbocycles. The first-order valence-electron chi connectivity index (χ1n) is 10.4. The molecule has 1 aliphatic heterocycles. The van der Waals surface area contributed by atoms with E-state index in [1.165, 1.54) is 0 Å². The number of carbonyl (C=O) groups is 2. The number of benzene rings is 1. The summed E-state index contributed by atoms with van der Waals surface area (Å²) in [5, 5.41) is 7.65. The minimum Gasteiger partial charge on any atom is -0.492 e. The number of esters is 1. The van der Waals surface area contributed by atoms with Crippen molar-refractivity contribution in [3.8, 4) is 16.9 Å². The van der Waals surface area contributed by atoms with Crippen LogP contribution < -0.4 is 10.1 Å². The summed E-state index contributed by atoms with van der Waals surface area (Å²) in [6.07, 6.45) is 3.82. The number of ether oxygens (including phenoxy) is 2. The van der Waals surface area contributed by atoms with E-state index in [4.69, 9.17) is 14.5 Å². The summed E-state index contributed by atoms with van der Waals surface area (Å²) in [6.45, 7) is 3.80. The SMILES string of the molecule is CCOC(=O)CCC(=O)N1CCNc2ccn3ncc(c3n2)-c2cccc(c2)OCC1. The standard InChI is InChI=1S/C22H25N5O4/c1-2-30-21(29)7-6-20(28)26-11-9-23-19-8-10-27-22(25-19)18(15-24-27)16-4-3-5-17(14-16)31-13-12-26/h3-5,8,10,14-15H,2,6-7,9,11-13H2,1H3,(H,23,25). The van der Waals surface area contributed by atoms with Gasteiger partial charge in [0.05, 0.1) is 25.8 Å². The molecule has 9 heteroatoms. The highest BCUT2D eigenvalue weighted by Gasteiger charge is 2.17. The Morgan fingerprint density at radius 3 is 3.00 bits per heavy atom. The number of rotatable bonds is 4. The fraction of sp³-hybridized carbons (Fsp3) is 0.364. The average molecular weight is 423 g/mol. The van der Waals surface area contributed by atoms with E-state index < -0.39 is 0 Å². The van der Waals surface area contributed by atoms with Crippen LogP contribution in [-0.4, -0.2) is 64.2 Å². The molecule has 0 spiro atoms. The van der Waals surface area contributed by atoms with Crippen LogP contribution in [0, 0.1) is 0 Å². The Labute approximate surface area is 180 Å². The Hall–Kier alpha value is -3.62. The second kappa shape index (κ2) is 9.46. The Morgan fingerprint density at radius 1 is 1.23 bits per heavy atom. The van der Waals surface area contributed by atoms with Gasteiger partial charge in [-0.25, -0.2) is 9.50 Å². The topological polar surface area (TPSA) is 98.1 Å². The van der Waals surface area contributed by atoms with Gasteiger partial charge in [0.1, 0.15) is 18.2 Å². The third-order valence-corrected chi connectivity index (χ3v) is 5.03. The average Bonchev–Trinajstić information content (AvgIpc) is 3.20. The highest BCUT2D eigenvalue weighted by molar-refractivity contribution is 5.81. The van der Waals surface area contributed by atoms with E-state index in [0.29, 0.717) is 44.4 Å².